The van der Waals surface area contributed by atoms with Crippen molar-refractivity contribution in [3.63, 3.8) is 0 Å². The van der Waals surface area contributed by atoms with Gasteiger partial charge in [-0.2, -0.15) is 0 Å². The second-order valence-electron chi connectivity index (χ2n) is 10.5. The normalized spacial score (nSPS) is 28.8. The number of hydrogen-bond acceptors (Lipinski definition) is 8. The number of benzene rings is 1. The lowest BCUT2D eigenvalue weighted by molar-refractivity contribution is -0.497. The molecule has 186 valence electrons. The van der Waals surface area contributed by atoms with E-state index in [4.69, 9.17) is 23.4 Å². The van der Waals surface area contributed by atoms with Crippen LogP contribution < -0.4 is 10.1 Å². The van der Waals surface area contributed by atoms with Crippen LogP contribution in [-0.4, -0.2) is 61.7 Å². The molecule has 2 aliphatic heterocycles. The summed E-state index contributed by atoms with van der Waals surface area (Å²) >= 11 is 3.25. The van der Waals surface area contributed by atoms with Crippen molar-refractivity contribution in [2.75, 3.05) is 12.4 Å². The predicted octanol–water partition coefficient (Wildman–Crippen LogP) is 4.74. The number of fused-ring (bicyclic) bond motifs is 1. The maximum absolute atomic E-state index is 11.8. The molecule has 1 aromatic carbocycles. The average molecular weight is 548 g/mol. The Kier molecular flexibility index (Phi) is 7.53. The number of hydrogen-bond donors (Lipinski definition) is 1. The van der Waals surface area contributed by atoms with E-state index in [-0.39, 0.29) is 9.96 Å². The van der Waals surface area contributed by atoms with Gasteiger partial charge in [-0.05, 0) is 72.2 Å². The minimum absolute atomic E-state index is 0.0432. The Labute approximate surface area is 204 Å². The molecule has 0 radical (unpaired) electrons. The van der Waals surface area contributed by atoms with Crippen molar-refractivity contribution in [1.29, 1.82) is 0 Å². The lowest BCUT2D eigenvalue weighted by Gasteiger charge is -2.39. The number of alkyl halides is 1. The molecule has 0 bridgehead atoms. The lowest BCUT2D eigenvalue weighted by Crippen LogP contribution is -2.50. The van der Waals surface area contributed by atoms with Crippen molar-refractivity contribution in [2.45, 2.75) is 94.1 Å². The molecule has 0 saturated carbocycles. The summed E-state index contributed by atoms with van der Waals surface area (Å²) < 4.78 is 30.5. The van der Waals surface area contributed by atoms with Crippen LogP contribution in [0.5, 0.6) is 5.75 Å². The van der Waals surface area contributed by atoms with Crippen molar-refractivity contribution in [1.82, 2.24) is 0 Å². The van der Waals surface area contributed by atoms with Crippen LogP contribution >= 0.6 is 15.9 Å². The minimum atomic E-state index is -2.21. The molecule has 1 N–H and O–H groups in total. The van der Waals surface area contributed by atoms with Crippen LogP contribution in [0.25, 0.3) is 0 Å². The van der Waals surface area contributed by atoms with Gasteiger partial charge in [0.1, 0.15) is 30.1 Å². The molecule has 0 spiro atoms. The van der Waals surface area contributed by atoms with Gasteiger partial charge in [-0.3, -0.25) is 10.1 Å². The molecule has 2 heterocycles. The van der Waals surface area contributed by atoms with Crippen LogP contribution in [0.15, 0.2) is 24.3 Å². The number of nitrogens with zero attached hydrogens (tertiary/aromatic N) is 1. The molecule has 1 aromatic rings. The Bertz CT molecular complexity index is 846. The zero-order valence-electron chi connectivity index (χ0n) is 20.5. The number of nitro groups is 1. The lowest BCUT2D eigenvalue weighted by atomic mass is 10.0. The first-order valence-electron chi connectivity index (χ1n) is 11.0. The predicted molar refractivity (Wildman–Crippen MR) is 131 cm³/mol. The van der Waals surface area contributed by atoms with Crippen molar-refractivity contribution < 1.29 is 28.3 Å². The van der Waals surface area contributed by atoms with Crippen molar-refractivity contribution >= 4 is 29.9 Å². The van der Waals surface area contributed by atoms with Gasteiger partial charge in [-0.1, -0.05) is 20.8 Å². The molecule has 0 amide bonds. The molecule has 3 rings (SSSR count). The fourth-order valence-corrected chi connectivity index (χ4v) is 5.32. The Hall–Kier alpha value is -1.24. The van der Waals surface area contributed by atoms with Gasteiger partial charge in [0, 0.05) is 10.6 Å². The van der Waals surface area contributed by atoms with E-state index in [0.29, 0.717) is 11.4 Å². The molecule has 0 aliphatic carbocycles. The maximum atomic E-state index is 11.8. The van der Waals surface area contributed by atoms with Crippen molar-refractivity contribution in [3.8, 4) is 5.75 Å². The van der Waals surface area contributed by atoms with E-state index in [9.17, 15) is 10.1 Å². The Morgan fingerprint density at radius 3 is 2.27 bits per heavy atom. The number of nitrogens with one attached hydrogen (secondary N) is 1. The van der Waals surface area contributed by atoms with Gasteiger partial charge in [-0.15, -0.1) is 0 Å². The zero-order chi connectivity index (χ0) is 24.8. The molecule has 2 fully saturated rings. The fraction of sp³-hybridized carbons (Fsp3) is 0.727. The number of rotatable bonds is 8. The van der Waals surface area contributed by atoms with E-state index < -0.39 is 49.7 Å². The minimum Gasteiger partial charge on any atom is -0.497 e. The summed E-state index contributed by atoms with van der Waals surface area (Å²) in [4.78, 5) is 10.3. The van der Waals surface area contributed by atoms with Gasteiger partial charge < -0.3 is 28.7 Å². The third kappa shape index (κ3) is 5.71. The monoisotopic (exact) mass is 546 g/mol. The SMILES string of the molecule is COc1ccc(N[C@@H]([C@H]2O[C@H](O[Si](C)(C)C(C)(C)C)[C@H]3OC(C)(C)O[C@H]32)[C@@H](Br)[N+](=O)[O-])cc1. The van der Waals surface area contributed by atoms with Gasteiger partial charge in [-0.25, -0.2) is 0 Å². The molecular weight excluding hydrogens is 512 g/mol. The molecule has 9 nitrogen and oxygen atoms in total. The van der Waals surface area contributed by atoms with E-state index in [0.717, 1.165) is 0 Å². The highest BCUT2D eigenvalue weighted by atomic mass is 79.9. The third-order valence-electron chi connectivity index (χ3n) is 6.54. The van der Waals surface area contributed by atoms with Gasteiger partial charge in [0.2, 0.25) is 0 Å². The first kappa shape index (κ1) is 26.4. The first-order chi connectivity index (χ1) is 15.1. The summed E-state index contributed by atoms with van der Waals surface area (Å²) in [5.74, 6) is -0.163. The van der Waals surface area contributed by atoms with Crippen LogP contribution in [0, 0.1) is 10.1 Å². The van der Waals surface area contributed by atoms with Gasteiger partial charge in [0.05, 0.1) is 7.11 Å². The molecule has 2 aliphatic rings. The molecule has 0 unspecified atom stereocenters. The highest BCUT2D eigenvalue weighted by molar-refractivity contribution is 9.09. The van der Waals surface area contributed by atoms with Crippen LogP contribution in [0.4, 0.5) is 5.69 Å². The first-order valence-corrected chi connectivity index (χ1v) is 14.8. The summed E-state index contributed by atoms with van der Waals surface area (Å²) in [6.45, 7) is 14.4. The number of anilines is 1. The smallest absolute Gasteiger partial charge is 0.288 e. The zero-order valence-corrected chi connectivity index (χ0v) is 23.0. The largest absolute Gasteiger partial charge is 0.497 e. The summed E-state index contributed by atoms with van der Waals surface area (Å²) in [6, 6.07) is 6.42. The Balaban J connectivity index is 1.92. The number of ether oxygens (including phenoxy) is 4. The molecule has 11 heteroatoms. The third-order valence-corrected chi connectivity index (χ3v) is 11.9. The summed E-state index contributed by atoms with van der Waals surface area (Å²) in [6.07, 6.45) is -2.41. The van der Waals surface area contributed by atoms with Crippen LogP contribution in [0.1, 0.15) is 34.6 Å². The molecule has 0 aromatic heterocycles. The quantitative estimate of drug-likeness (QED) is 0.164. The standard InChI is InChI=1S/C22H35BrN2O7Si/c1-21(2,3)33(7,8)32-20-18-17(30-22(4,5)31-18)16(29-20)15(19(23)25(26)27)24-13-9-11-14(28-6)12-10-13/h9-12,15-20,24H,1-8H3/t15-,16+,17-,18-,19-,20+/m0/s1. The average Bonchev–Trinajstić information content (AvgIpc) is 3.18. The fourth-order valence-electron chi connectivity index (χ4n) is 3.76. The van der Waals surface area contributed by atoms with E-state index in [1.807, 2.05) is 13.8 Å². The van der Waals surface area contributed by atoms with Gasteiger partial charge >= 0.3 is 0 Å². The summed E-state index contributed by atoms with van der Waals surface area (Å²) in [5.41, 5.74) is 0.694. The second-order valence-corrected chi connectivity index (χ2v) is 16.2. The van der Waals surface area contributed by atoms with Gasteiger partial charge in [0.15, 0.2) is 20.4 Å². The van der Waals surface area contributed by atoms with Crippen molar-refractivity contribution in [2.24, 2.45) is 0 Å². The van der Waals surface area contributed by atoms with E-state index in [1.54, 1.807) is 31.4 Å². The van der Waals surface area contributed by atoms with E-state index in [1.165, 1.54) is 0 Å². The van der Waals surface area contributed by atoms with Crippen LogP contribution in [-0.2, 0) is 18.6 Å². The topological polar surface area (TPSA) is 101 Å². The summed E-state index contributed by atoms with van der Waals surface area (Å²) in [5, 5.41) is 15.0. The van der Waals surface area contributed by atoms with Crippen molar-refractivity contribution in [3.05, 3.63) is 34.4 Å². The Morgan fingerprint density at radius 1 is 1.18 bits per heavy atom. The van der Waals surface area contributed by atoms with Crippen LogP contribution in [0.2, 0.25) is 18.1 Å². The highest BCUT2D eigenvalue weighted by Gasteiger charge is 2.61. The van der Waals surface area contributed by atoms with E-state index in [2.05, 4.69) is 55.1 Å². The highest BCUT2D eigenvalue weighted by Crippen LogP contribution is 2.45. The Morgan fingerprint density at radius 2 is 1.76 bits per heavy atom. The number of methoxy groups -OCH3 is 1. The molecule has 2 saturated heterocycles. The summed E-state index contributed by atoms with van der Waals surface area (Å²) in [7, 11) is -0.631. The molecule has 6 atom stereocenters. The maximum Gasteiger partial charge on any atom is 0.288 e. The molecule has 33 heavy (non-hydrogen) atoms. The second kappa shape index (κ2) is 9.42. The number of halogens is 1. The van der Waals surface area contributed by atoms with Gasteiger partial charge in [0.25, 0.3) is 4.95 Å². The van der Waals surface area contributed by atoms with E-state index >= 15 is 0 Å². The molecular formula is C22H35BrN2O7Si. The van der Waals surface area contributed by atoms with Crippen LogP contribution in [0.3, 0.4) is 0 Å².